The second-order valence-electron chi connectivity index (χ2n) is 4.29. The van der Waals surface area contributed by atoms with E-state index in [0.717, 1.165) is 16.9 Å². The summed E-state index contributed by atoms with van der Waals surface area (Å²) in [5.74, 6) is 0.429. The molecule has 5 nitrogen and oxygen atoms in total. The van der Waals surface area contributed by atoms with Crippen LogP contribution in [0.1, 0.15) is 21.7 Å². The molecule has 0 aliphatic carbocycles. The fraction of sp³-hybridized carbons (Fsp3) is 0.267. The molecule has 0 atom stereocenters. The molecule has 2 aromatic rings. The highest BCUT2D eigenvalue weighted by Crippen LogP contribution is 2.26. The Kier molecular flexibility index (Phi) is 5.25. The van der Waals surface area contributed by atoms with Crippen molar-refractivity contribution in [1.29, 1.82) is 0 Å². The molecule has 0 unspecified atom stereocenters. The van der Waals surface area contributed by atoms with Gasteiger partial charge in [0, 0.05) is 29.2 Å². The highest BCUT2D eigenvalue weighted by Gasteiger charge is 2.15. The number of esters is 1. The van der Waals surface area contributed by atoms with E-state index in [9.17, 15) is 4.79 Å². The van der Waals surface area contributed by atoms with E-state index in [4.69, 9.17) is 20.8 Å². The van der Waals surface area contributed by atoms with Crippen molar-refractivity contribution in [3.63, 3.8) is 0 Å². The molecule has 0 aliphatic heterocycles. The maximum absolute atomic E-state index is 11.5. The second-order valence-corrected chi connectivity index (χ2v) is 4.70. The van der Waals surface area contributed by atoms with Crippen LogP contribution >= 0.6 is 11.6 Å². The number of benzene rings is 1. The van der Waals surface area contributed by atoms with Crippen LogP contribution in [0.3, 0.4) is 0 Å². The van der Waals surface area contributed by atoms with Crippen LogP contribution in [-0.2, 0) is 17.8 Å². The van der Waals surface area contributed by atoms with Gasteiger partial charge in [0.15, 0.2) is 0 Å². The van der Waals surface area contributed by atoms with E-state index in [1.165, 1.54) is 13.4 Å². The number of ether oxygens (including phenoxy) is 2. The Balaban J connectivity index is 2.03. The molecule has 0 spiro atoms. The van der Waals surface area contributed by atoms with E-state index < -0.39 is 5.97 Å². The van der Waals surface area contributed by atoms with Crippen LogP contribution in [-0.4, -0.2) is 20.2 Å². The van der Waals surface area contributed by atoms with E-state index in [0.29, 0.717) is 18.1 Å². The summed E-state index contributed by atoms with van der Waals surface area (Å²) in [6.07, 6.45) is 1.46. The SMILES string of the molecule is COC(=O)c1occc1CNCc1c(Cl)cccc1OC. The van der Waals surface area contributed by atoms with Crippen molar-refractivity contribution in [3.05, 3.63) is 52.4 Å². The Morgan fingerprint density at radius 2 is 2.10 bits per heavy atom. The lowest BCUT2D eigenvalue weighted by Crippen LogP contribution is -2.15. The van der Waals surface area contributed by atoms with Crippen molar-refractivity contribution in [3.8, 4) is 5.75 Å². The minimum atomic E-state index is -0.493. The molecule has 1 heterocycles. The van der Waals surface area contributed by atoms with Gasteiger partial charge in [0.2, 0.25) is 5.76 Å². The first-order chi connectivity index (χ1) is 10.2. The molecule has 0 fully saturated rings. The second kappa shape index (κ2) is 7.15. The van der Waals surface area contributed by atoms with Crippen LogP contribution in [0.5, 0.6) is 5.75 Å². The van der Waals surface area contributed by atoms with Gasteiger partial charge in [-0.25, -0.2) is 4.79 Å². The maximum Gasteiger partial charge on any atom is 0.374 e. The Morgan fingerprint density at radius 1 is 1.29 bits per heavy atom. The number of halogens is 1. The monoisotopic (exact) mass is 309 g/mol. The topological polar surface area (TPSA) is 60.7 Å². The Hall–Kier alpha value is -1.98. The van der Waals surface area contributed by atoms with E-state index >= 15 is 0 Å². The first kappa shape index (κ1) is 15.4. The summed E-state index contributed by atoms with van der Waals surface area (Å²) in [6.45, 7) is 0.962. The molecule has 21 heavy (non-hydrogen) atoms. The van der Waals surface area contributed by atoms with E-state index in [1.54, 1.807) is 19.2 Å². The van der Waals surface area contributed by atoms with Crippen LogP contribution in [0, 0.1) is 0 Å². The summed E-state index contributed by atoms with van der Waals surface area (Å²) in [4.78, 5) is 11.5. The Labute approximate surface area is 127 Å². The molecule has 1 aromatic carbocycles. The molecule has 0 aliphatic rings. The third-order valence-electron chi connectivity index (χ3n) is 3.03. The predicted octanol–water partition coefficient (Wildman–Crippen LogP) is 3.02. The lowest BCUT2D eigenvalue weighted by atomic mass is 10.2. The summed E-state index contributed by atoms with van der Waals surface area (Å²) >= 11 is 6.16. The van der Waals surface area contributed by atoms with Gasteiger partial charge in [0.05, 0.1) is 20.5 Å². The van der Waals surface area contributed by atoms with Gasteiger partial charge in [-0.2, -0.15) is 0 Å². The zero-order chi connectivity index (χ0) is 15.2. The summed E-state index contributed by atoms with van der Waals surface area (Å²) < 4.78 is 15.1. The smallest absolute Gasteiger partial charge is 0.374 e. The predicted molar refractivity (Wildman–Crippen MR) is 78.6 cm³/mol. The normalized spacial score (nSPS) is 10.4. The van der Waals surface area contributed by atoms with Gasteiger partial charge in [0.1, 0.15) is 5.75 Å². The number of rotatable bonds is 6. The van der Waals surface area contributed by atoms with Gasteiger partial charge >= 0.3 is 5.97 Å². The van der Waals surface area contributed by atoms with Gasteiger partial charge in [-0.15, -0.1) is 0 Å². The molecule has 0 radical (unpaired) electrons. The van der Waals surface area contributed by atoms with Gasteiger partial charge in [0.25, 0.3) is 0 Å². The highest BCUT2D eigenvalue weighted by molar-refractivity contribution is 6.31. The molecule has 1 N–H and O–H groups in total. The molecule has 112 valence electrons. The summed E-state index contributed by atoms with van der Waals surface area (Å²) in [5.41, 5.74) is 1.60. The zero-order valence-electron chi connectivity index (χ0n) is 11.8. The summed E-state index contributed by atoms with van der Waals surface area (Å²) in [6, 6.07) is 7.21. The van der Waals surface area contributed by atoms with Crippen molar-refractivity contribution in [2.24, 2.45) is 0 Å². The van der Waals surface area contributed by atoms with Crippen LogP contribution in [0.4, 0.5) is 0 Å². The molecule has 6 heteroatoms. The van der Waals surface area contributed by atoms with Crippen LogP contribution in [0.25, 0.3) is 0 Å². The van der Waals surface area contributed by atoms with Gasteiger partial charge in [-0.05, 0) is 18.2 Å². The standard InChI is InChI=1S/C15H16ClNO4/c1-19-13-5-3-4-12(16)11(13)9-17-8-10-6-7-21-14(10)15(18)20-2/h3-7,17H,8-9H2,1-2H3. The van der Waals surface area contributed by atoms with Crippen LogP contribution in [0.15, 0.2) is 34.9 Å². The van der Waals surface area contributed by atoms with E-state index in [2.05, 4.69) is 10.1 Å². The summed E-state index contributed by atoms with van der Waals surface area (Å²) in [5, 5.41) is 3.83. The molecule has 0 amide bonds. The van der Waals surface area contributed by atoms with Crippen molar-refractivity contribution in [2.75, 3.05) is 14.2 Å². The van der Waals surface area contributed by atoms with Crippen molar-refractivity contribution in [2.45, 2.75) is 13.1 Å². The molecule has 1 aromatic heterocycles. The number of hydrogen-bond acceptors (Lipinski definition) is 5. The van der Waals surface area contributed by atoms with Crippen molar-refractivity contribution < 1.29 is 18.7 Å². The van der Waals surface area contributed by atoms with E-state index in [-0.39, 0.29) is 5.76 Å². The fourth-order valence-corrected chi connectivity index (χ4v) is 2.20. The number of methoxy groups -OCH3 is 2. The lowest BCUT2D eigenvalue weighted by molar-refractivity contribution is 0.0563. The third-order valence-corrected chi connectivity index (χ3v) is 3.38. The van der Waals surface area contributed by atoms with E-state index in [1.807, 2.05) is 12.1 Å². The Morgan fingerprint density at radius 3 is 2.81 bits per heavy atom. The first-order valence-corrected chi connectivity index (χ1v) is 6.72. The minimum Gasteiger partial charge on any atom is -0.496 e. The number of nitrogens with one attached hydrogen (secondary N) is 1. The number of furan rings is 1. The van der Waals surface area contributed by atoms with Crippen molar-refractivity contribution in [1.82, 2.24) is 5.32 Å². The zero-order valence-corrected chi connectivity index (χ0v) is 12.6. The van der Waals surface area contributed by atoms with Crippen LogP contribution in [0.2, 0.25) is 5.02 Å². The molecular formula is C15H16ClNO4. The lowest BCUT2D eigenvalue weighted by Gasteiger charge is -2.11. The molecular weight excluding hydrogens is 294 g/mol. The number of carbonyl (C=O) groups excluding carboxylic acids is 1. The maximum atomic E-state index is 11.5. The van der Waals surface area contributed by atoms with Gasteiger partial charge in [-0.3, -0.25) is 0 Å². The number of hydrogen-bond donors (Lipinski definition) is 1. The first-order valence-electron chi connectivity index (χ1n) is 6.34. The quantitative estimate of drug-likeness (QED) is 0.831. The van der Waals surface area contributed by atoms with Gasteiger partial charge < -0.3 is 19.2 Å². The molecule has 0 saturated carbocycles. The van der Waals surface area contributed by atoms with Crippen LogP contribution < -0.4 is 10.1 Å². The average molecular weight is 310 g/mol. The van der Waals surface area contributed by atoms with Crippen molar-refractivity contribution >= 4 is 17.6 Å². The summed E-state index contributed by atoms with van der Waals surface area (Å²) in [7, 11) is 2.91. The third kappa shape index (κ3) is 3.56. The molecule has 0 bridgehead atoms. The molecule has 2 rings (SSSR count). The average Bonchev–Trinajstić information content (AvgIpc) is 2.96. The molecule has 0 saturated heterocycles. The number of carbonyl (C=O) groups is 1. The fourth-order valence-electron chi connectivity index (χ4n) is 1.97. The minimum absolute atomic E-state index is 0.205. The Bertz CT molecular complexity index is 624. The highest BCUT2D eigenvalue weighted by atomic mass is 35.5. The largest absolute Gasteiger partial charge is 0.496 e. The van der Waals surface area contributed by atoms with Gasteiger partial charge in [-0.1, -0.05) is 17.7 Å².